The average molecular weight is 411 g/mol. The van der Waals surface area contributed by atoms with Gasteiger partial charge in [-0.05, 0) is 93.5 Å². The van der Waals surface area contributed by atoms with Crippen LogP contribution in [0.25, 0.3) is 16.7 Å². The number of aromatic nitrogens is 3. The second-order valence-electron chi connectivity index (χ2n) is 9.77. The number of halogens is 3. The predicted octanol–water partition coefficient (Wildman–Crippen LogP) is 6.27. The van der Waals surface area contributed by atoms with E-state index in [1.165, 1.54) is 31.4 Å². The minimum absolute atomic E-state index is 0.0246. The summed E-state index contributed by atoms with van der Waals surface area (Å²) in [5.74, 6) is 1.76. The Labute approximate surface area is 173 Å². The van der Waals surface area contributed by atoms with E-state index in [1.807, 2.05) is 0 Å². The lowest BCUT2D eigenvalue weighted by Gasteiger charge is -2.56. The molecule has 4 saturated carbocycles. The van der Waals surface area contributed by atoms with E-state index in [-0.39, 0.29) is 16.8 Å². The Kier molecular flexibility index (Phi) is 3.87. The van der Waals surface area contributed by atoms with Crippen molar-refractivity contribution in [3.63, 3.8) is 0 Å². The fraction of sp³-hybridized carbons (Fsp3) is 0.500. The fourth-order valence-corrected chi connectivity index (χ4v) is 6.95. The van der Waals surface area contributed by atoms with Crippen LogP contribution in [0.5, 0.6) is 0 Å². The topological polar surface area (TPSA) is 30.7 Å². The van der Waals surface area contributed by atoms with E-state index >= 15 is 0 Å². The minimum Gasteiger partial charge on any atom is -0.232 e. The van der Waals surface area contributed by atoms with E-state index in [0.717, 1.165) is 25.0 Å². The van der Waals surface area contributed by atoms with Gasteiger partial charge in [0, 0.05) is 16.7 Å². The highest BCUT2D eigenvalue weighted by Gasteiger charge is 2.52. The largest absolute Gasteiger partial charge is 0.264 e. The maximum atomic E-state index is 14.2. The number of benzene rings is 1. The lowest BCUT2D eigenvalue weighted by molar-refractivity contribution is -0.00721. The summed E-state index contributed by atoms with van der Waals surface area (Å²) in [6, 6.07) is 7.61. The molecule has 6 heteroatoms. The van der Waals surface area contributed by atoms with Gasteiger partial charge in [0.1, 0.15) is 5.82 Å². The molecule has 4 bridgehead atoms. The Morgan fingerprint density at radius 1 is 1.00 bits per heavy atom. The van der Waals surface area contributed by atoms with Crippen molar-refractivity contribution in [3.8, 4) is 5.69 Å². The lowest BCUT2D eigenvalue weighted by Crippen LogP contribution is -2.49. The average Bonchev–Trinajstić information content (AvgIpc) is 3.03. The van der Waals surface area contributed by atoms with Gasteiger partial charge in [0.25, 0.3) is 6.43 Å². The first-order chi connectivity index (χ1) is 14.4. The summed E-state index contributed by atoms with van der Waals surface area (Å²) in [5, 5.41) is 4.94. The maximum Gasteiger partial charge on any atom is 0.264 e. The van der Waals surface area contributed by atoms with Crippen molar-refractivity contribution in [2.45, 2.75) is 57.3 Å². The van der Waals surface area contributed by atoms with Gasteiger partial charge in [0.05, 0.1) is 16.8 Å². The smallest absolute Gasteiger partial charge is 0.232 e. The lowest BCUT2D eigenvalue weighted by atomic mass is 9.48. The molecule has 7 rings (SSSR count). The van der Waals surface area contributed by atoms with Crippen LogP contribution in [0.4, 0.5) is 13.2 Å². The molecule has 3 nitrogen and oxygen atoms in total. The van der Waals surface area contributed by atoms with Crippen molar-refractivity contribution >= 4 is 11.0 Å². The molecule has 156 valence electrons. The van der Waals surface area contributed by atoms with E-state index < -0.39 is 6.43 Å². The summed E-state index contributed by atoms with van der Waals surface area (Å²) in [4.78, 5) is 5.00. The van der Waals surface area contributed by atoms with Gasteiger partial charge in [-0.15, -0.1) is 0 Å². The third-order valence-electron chi connectivity index (χ3n) is 7.73. The zero-order valence-electron chi connectivity index (χ0n) is 16.9. The van der Waals surface area contributed by atoms with E-state index in [4.69, 9.17) is 4.98 Å². The quantitative estimate of drug-likeness (QED) is 0.508. The van der Waals surface area contributed by atoms with Crippen molar-refractivity contribution in [1.82, 2.24) is 14.8 Å². The normalized spacial score (nSPS) is 30.0. The highest BCUT2D eigenvalue weighted by atomic mass is 19.3. The first kappa shape index (κ1) is 18.4. The molecule has 0 N–H and O–H groups in total. The zero-order valence-corrected chi connectivity index (χ0v) is 16.9. The van der Waals surface area contributed by atoms with Crippen LogP contribution in [0.15, 0.2) is 30.3 Å². The molecule has 4 aliphatic carbocycles. The standard InChI is InChI=1S/C24H24F3N3/c1-13-21-19(22(26)27)9-20(24-10-14-6-15(11-24)8-16(7-14)12-24)28-23(21)30(29-13)18-4-2-17(25)3-5-18/h2-5,9,14-16,22H,6-8,10-12H2,1H3. The molecule has 0 atom stereocenters. The van der Waals surface area contributed by atoms with Crippen LogP contribution in [0.3, 0.4) is 0 Å². The highest BCUT2D eigenvalue weighted by Crippen LogP contribution is 2.60. The third-order valence-corrected chi connectivity index (χ3v) is 7.73. The highest BCUT2D eigenvalue weighted by molar-refractivity contribution is 5.84. The van der Waals surface area contributed by atoms with Crippen molar-refractivity contribution in [3.05, 3.63) is 53.1 Å². The first-order valence-electron chi connectivity index (χ1n) is 10.9. The van der Waals surface area contributed by atoms with Crippen LogP contribution >= 0.6 is 0 Å². The van der Waals surface area contributed by atoms with Gasteiger partial charge in [0.2, 0.25) is 0 Å². The summed E-state index contributed by atoms with van der Waals surface area (Å²) >= 11 is 0. The van der Waals surface area contributed by atoms with Crippen molar-refractivity contribution in [2.24, 2.45) is 17.8 Å². The molecular weight excluding hydrogens is 387 g/mol. The molecule has 4 fully saturated rings. The van der Waals surface area contributed by atoms with Gasteiger partial charge in [-0.2, -0.15) is 5.10 Å². The number of aryl methyl sites for hydroxylation is 1. The minimum atomic E-state index is -2.59. The molecular formula is C24H24F3N3. The Balaban J connectivity index is 1.57. The summed E-state index contributed by atoms with van der Waals surface area (Å²) in [7, 11) is 0. The Morgan fingerprint density at radius 2 is 1.60 bits per heavy atom. The Morgan fingerprint density at radius 3 is 2.17 bits per heavy atom. The molecule has 1 aromatic carbocycles. The number of alkyl halides is 2. The number of hydrogen-bond donors (Lipinski definition) is 0. The second kappa shape index (κ2) is 6.32. The van der Waals surface area contributed by atoms with Gasteiger partial charge in [-0.1, -0.05) is 0 Å². The maximum absolute atomic E-state index is 14.2. The molecule has 0 unspecified atom stereocenters. The molecule has 0 spiro atoms. The summed E-state index contributed by atoms with van der Waals surface area (Å²) in [6.45, 7) is 1.74. The van der Waals surface area contributed by atoms with E-state index in [0.29, 0.717) is 40.2 Å². The number of pyridine rings is 1. The molecule has 2 aromatic heterocycles. The van der Waals surface area contributed by atoms with Crippen LogP contribution < -0.4 is 0 Å². The molecule has 0 radical (unpaired) electrons. The van der Waals surface area contributed by atoms with Crippen molar-refractivity contribution in [1.29, 1.82) is 0 Å². The predicted molar refractivity (Wildman–Crippen MR) is 108 cm³/mol. The number of nitrogens with zero attached hydrogens (tertiary/aromatic N) is 3. The van der Waals surface area contributed by atoms with Crippen LogP contribution in [-0.2, 0) is 5.41 Å². The second-order valence-corrected chi connectivity index (χ2v) is 9.77. The monoisotopic (exact) mass is 411 g/mol. The van der Waals surface area contributed by atoms with Gasteiger partial charge >= 0.3 is 0 Å². The molecule has 0 amide bonds. The summed E-state index contributed by atoms with van der Waals surface area (Å²) in [5.41, 5.74) is 2.37. The summed E-state index contributed by atoms with van der Waals surface area (Å²) in [6.07, 6.45) is 4.45. The molecule has 30 heavy (non-hydrogen) atoms. The van der Waals surface area contributed by atoms with E-state index in [2.05, 4.69) is 5.10 Å². The molecule has 2 heterocycles. The van der Waals surface area contributed by atoms with Crippen LogP contribution in [0.1, 0.15) is 61.9 Å². The molecule has 0 saturated heterocycles. The molecule has 4 aliphatic rings. The summed E-state index contributed by atoms with van der Waals surface area (Å²) < 4.78 is 43.4. The Hall–Kier alpha value is -2.37. The SMILES string of the molecule is Cc1nn(-c2ccc(F)cc2)c2nc(C34CC5CC(CC(C5)C3)C4)cc(C(F)F)c12. The van der Waals surface area contributed by atoms with Crippen molar-refractivity contribution < 1.29 is 13.2 Å². The Bertz CT molecular complexity index is 1100. The van der Waals surface area contributed by atoms with Gasteiger partial charge in [-0.25, -0.2) is 22.8 Å². The third kappa shape index (κ3) is 2.65. The zero-order chi connectivity index (χ0) is 20.6. The number of hydrogen-bond acceptors (Lipinski definition) is 2. The van der Waals surface area contributed by atoms with Gasteiger partial charge in [0.15, 0.2) is 5.65 Å². The van der Waals surface area contributed by atoms with Crippen LogP contribution in [0.2, 0.25) is 0 Å². The first-order valence-corrected chi connectivity index (χ1v) is 10.9. The van der Waals surface area contributed by atoms with Crippen molar-refractivity contribution in [2.75, 3.05) is 0 Å². The van der Waals surface area contributed by atoms with Crippen LogP contribution in [0, 0.1) is 30.5 Å². The van der Waals surface area contributed by atoms with Gasteiger partial charge in [-0.3, -0.25) is 0 Å². The fourth-order valence-electron chi connectivity index (χ4n) is 6.95. The molecule has 0 aliphatic heterocycles. The van der Waals surface area contributed by atoms with E-state index in [1.54, 1.807) is 29.8 Å². The van der Waals surface area contributed by atoms with E-state index in [9.17, 15) is 13.2 Å². The number of fused-ring (bicyclic) bond motifs is 1. The van der Waals surface area contributed by atoms with Crippen LogP contribution in [-0.4, -0.2) is 14.8 Å². The van der Waals surface area contributed by atoms with Gasteiger partial charge < -0.3 is 0 Å². The number of rotatable bonds is 3. The molecule has 3 aromatic rings.